The Balaban J connectivity index is 1.98. The van der Waals surface area contributed by atoms with Crippen LogP contribution in [-0.4, -0.2) is 0 Å². The van der Waals surface area contributed by atoms with Crippen molar-refractivity contribution < 1.29 is 6.85 Å². The van der Waals surface area contributed by atoms with E-state index in [1.807, 2.05) is 24.3 Å². The van der Waals surface area contributed by atoms with Crippen molar-refractivity contribution in [2.24, 2.45) is 0 Å². The topological polar surface area (TPSA) is 0 Å². The third kappa shape index (κ3) is 1.96. The van der Waals surface area contributed by atoms with E-state index in [9.17, 15) is 0 Å². The number of halogens is 1. The van der Waals surface area contributed by atoms with Gasteiger partial charge in [0.2, 0.25) is 0 Å². The Labute approximate surface area is 147 Å². The van der Waals surface area contributed by atoms with Gasteiger partial charge in [-0.15, -0.1) is 0 Å². The zero-order valence-electron chi connectivity index (χ0n) is 17.3. The van der Waals surface area contributed by atoms with Crippen LogP contribution < -0.4 is 0 Å². The molecule has 0 fully saturated rings. The minimum absolute atomic E-state index is 0.169. The highest BCUT2D eigenvalue weighted by Gasteiger charge is 2.35. The predicted molar refractivity (Wildman–Crippen MR) is 97.1 cm³/mol. The van der Waals surface area contributed by atoms with Gasteiger partial charge < -0.3 is 0 Å². The van der Waals surface area contributed by atoms with Crippen molar-refractivity contribution in [1.82, 2.24) is 0 Å². The van der Waals surface area contributed by atoms with Crippen LogP contribution in [0.3, 0.4) is 0 Å². The number of hydrogen-bond donors (Lipinski definition) is 0. The van der Waals surface area contributed by atoms with Crippen molar-refractivity contribution in [3.63, 3.8) is 0 Å². The molecule has 1 heteroatoms. The lowest BCUT2D eigenvalue weighted by Gasteiger charge is -2.22. The molecular formula is C21H17Br. The molecule has 0 spiro atoms. The molecule has 0 saturated heterocycles. The Bertz CT molecular complexity index is 1090. The van der Waals surface area contributed by atoms with Crippen LogP contribution in [0.15, 0.2) is 71.1 Å². The van der Waals surface area contributed by atoms with Crippen LogP contribution in [0.2, 0.25) is 0 Å². The Kier molecular flexibility index (Phi) is 2.04. The molecule has 0 unspecified atom stereocenters. The van der Waals surface area contributed by atoms with Crippen molar-refractivity contribution in [2.45, 2.75) is 19.3 Å². The Hall–Kier alpha value is -1.86. The second-order valence-electron chi connectivity index (χ2n) is 6.08. The number of rotatable bonds is 1. The first-order valence-corrected chi connectivity index (χ1v) is 7.96. The van der Waals surface area contributed by atoms with Crippen LogP contribution in [0.4, 0.5) is 0 Å². The molecular weight excluding hydrogens is 332 g/mol. The fourth-order valence-corrected chi connectivity index (χ4v) is 3.62. The first-order valence-electron chi connectivity index (χ1n) is 9.67. The summed E-state index contributed by atoms with van der Waals surface area (Å²) in [7, 11) is 0. The molecule has 0 amide bonds. The molecule has 108 valence electrons. The van der Waals surface area contributed by atoms with E-state index in [4.69, 9.17) is 6.85 Å². The van der Waals surface area contributed by atoms with Crippen molar-refractivity contribution >= 4 is 15.9 Å². The van der Waals surface area contributed by atoms with Gasteiger partial charge in [-0.3, -0.25) is 0 Å². The lowest BCUT2D eigenvalue weighted by Crippen LogP contribution is -2.15. The normalized spacial score (nSPS) is 17.7. The van der Waals surface area contributed by atoms with Crippen LogP contribution in [0, 0.1) is 0 Å². The standard InChI is InChI=1S/C21H17Br/c1-21(2)19-12-15(14-6-4-3-5-7-14)8-10-17(19)18-11-9-16(22)13-20(18)21/h3-13H,1-2H3/i3D,4D,5D,6D,7D. The molecule has 0 nitrogen and oxygen atoms in total. The quantitative estimate of drug-likeness (QED) is 0.473. The van der Waals surface area contributed by atoms with Gasteiger partial charge in [-0.1, -0.05) is 78.2 Å². The Morgan fingerprint density at radius 2 is 1.45 bits per heavy atom. The minimum atomic E-state index is -0.368. The molecule has 3 aromatic carbocycles. The van der Waals surface area contributed by atoms with E-state index in [-0.39, 0.29) is 41.2 Å². The average molecular weight is 354 g/mol. The fourth-order valence-electron chi connectivity index (χ4n) is 3.26. The predicted octanol–water partition coefficient (Wildman–Crippen LogP) is 6.42. The van der Waals surface area contributed by atoms with Crippen molar-refractivity contribution in [1.29, 1.82) is 0 Å². The van der Waals surface area contributed by atoms with Crippen LogP contribution in [0.1, 0.15) is 31.8 Å². The first-order chi connectivity index (χ1) is 12.6. The zero-order valence-corrected chi connectivity index (χ0v) is 13.9. The summed E-state index contributed by atoms with van der Waals surface area (Å²) in [6.07, 6.45) is 0. The fraction of sp³-hybridized carbons (Fsp3) is 0.143. The van der Waals surface area contributed by atoms with Gasteiger partial charge in [-0.05, 0) is 51.6 Å². The van der Waals surface area contributed by atoms with Gasteiger partial charge in [-0.25, -0.2) is 0 Å². The molecule has 0 N–H and O–H groups in total. The van der Waals surface area contributed by atoms with E-state index >= 15 is 0 Å². The molecule has 0 atom stereocenters. The summed E-state index contributed by atoms with van der Waals surface area (Å²) < 4.78 is 41.2. The summed E-state index contributed by atoms with van der Waals surface area (Å²) in [5.74, 6) is 0. The molecule has 0 aromatic heterocycles. The van der Waals surface area contributed by atoms with Gasteiger partial charge in [-0.2, -0.15) is 0 Å². The Morgan fingerprint density at radius 1 is 0.818 bits per heavy atom. The van der Waals surface area contributed by atoms with Crippen molar-refractivity contribution in [2.75, 3.05) is 0 Å². The lowest BCUT2D eigenvalue weighted by molar-refractivity contribution is 0.660. The molecule has 0 saturated carbocycles. The summed E-state index contributed by atoms with van der Waals surface area (Å²) in [5.41, 5.74) is 5.26. The zero-order chi connectivity index (χ0) is 19.7. The van der Waals surface area contributed by atoms with Crippen LogP contribution in [0.5, 0.6) is 0 Å². The third-order valence-electron chi connectivity index (χ3n) is 4.43. The second-order valence-corrected chi connectivity index (χ2v) is 6.99. The molecule has 1 aliphatic carbocycles. The van der Waals surface area contributed by atoms with E-state index in [0.717, 1.165) is 15.6 Å². The van der Waals surface area contributed by atoms with Gasteiger partial charge in [0.05, 0.1) is 6.85 Å². The molecule has 0 radical (unpaired) electrons. The van der Waals surface area contributed by atoms with Crippen molar-refractivity contribution in [3.8, 4) is 22.3 Å². The minimum Gasteiger partial charge on any atom is -0.0622 e. The van der Waals surface area contributed by atoms with Gasteiger partial charge >= 0.3 is 0 Å². The Morgan fingerprint density at radius 3 is 2.18 bits per heavy atom. The number of fused-ring (bicyclic) bond motifs is 3. The summed E-state index contributed by atoms with van der Waals surface area (Å²) in [6, 6.07) is 10.7. The van der Waals surface area contributed by atoms with Crippen LogP contribution in [-0.2, 0) is 5.41 Å². The van der Waals surface area contributed by atoms with E-state index in [0.29, 0.717) is 5.56 Å². The highest BCUT2D eigenvalue weighted by molar-refractivity contribution is 9.10. The SMILES string of the molecule is [2H]c1c([2H])c([2H])c(-c2ccc3c(c2)C(C)(C)c2cc(Br)ccc2-3)c([2H])c1[2H]. The highest BCUT2D eigenvalue weighted by Crippen LogP contribution is 2.50. The third-order valence-corrected chi connectivity index (χ3v) is 4.92. The van der Waals surface area contributed by atoms with E-state index in [1.54, 1.807) is 0 Å². The van der Waals surface area contributed by atoms with Gasteiger partial charge in [0, 0.05) is 9.89 Å². The molecule has 4 rings (SSSR count). The second kappa shape index (κ2) is 4.82. The maximum Gasteiger partial charge on any atom is 0.0629 e. The summed E-state index contributed by atoms with van der Waals surface area (Å²) in [4.78, 5) is 0. The number of benzene rings is 3. The van der Waals surface area contributed by atoms with Gasteiger partial charge in [0.15, 0.2) is 0 Å². The molecule has 1 aliphatic rings. The highest BCUT2D eigenvalue weighted by atomic mass is 79.9. The average Bonchev–Trinajstić information content (AvgIpc) is 2.86. The molecule has 0 aliphatic heterocycles. The number of hydrogen-bond acceptors (Lipinski definition) is 0. The van der Waals surface area contributed by atoms with Gasteiger partial charge in [0.1, 0.15) is 0 Å². The molecule has 0 heterocycles. The summed E-state index contributed by atoms with van der Waals surface area (Å²) in [6.45, 7) is 4.30. The van der Waals surface area contributed by atoms with Crippen LogP contribution in [0.25, 0.3) is 22.3 Å². The summed E-state index contributed by atoms with van der Waals surface area (Å²) in [5, 5.41) is 0. The maximum atomic E-state index is 8.25. The summed E-state index contributed by atoms with van der Waals surface area (Å²) >= 11 is 3.55. The molecule has 3 aromatic rings. The molecule has 0 bridgehead atoms. The van der Waals surface area contributed by atoms with E-state index in [2.05, 4.69) is 41.9 Å². The largest absolute Gasteiger partial charge is 0.0629 e. The van der Waals surface area contributed by atoms with Gasteiger partial charge in [0.25, 0.3) is 0 Å². The maximum absolute atomic E-state index is 8.25. The van der Waals surface area contributed by atoms with Crippen molar-refractivity contribution in [3.05, 3.63) is 82.2 Å². The van der Waals surface area contributed by atoms with Crippen LogP contribution >= 0.6 is 15.9 Å². The van der Waals surface area contributed by atoms with E-state index < -0.39 is 0 Å². The van der Waals surface area contributed by atoms with E-state index in [1.165, 1.54) is 11.1 Å². The molecule has 22 heavy (non-hydrogen) atoms. The smallest absolute Gasteiger partial charge is 0.0622 e. The first kappa shape index (κ1) is 9.32. The monoisotopic (exact) mass is 353 g/mol. The lowest BCUT2D eigenvalue weighted by atomic mass is 9.81.